The van der Waals surface area contributed by atoms with Crippen molar-refractivity contribution in [1.82, 2.24) is 0 Å². The van der Waals surface area contributed by atoms with Crippen molar-refractivity contribution in [3.8, 4) is 0 Å². The van der Waals surface area contributed by atoms with Gasteiger partial charge in [0.1, 0.15) is 10.7 Å². The van der Waals surface area contributed by atoms with Crippen molar-refractivity contribution in [3.63, 3.8) is 0 Å². The van der Waals surface area contributed by atoms with Gasteiger partial charge in [-0.2, -0.15) is 0 Å². The summed E-state index contributed by atoms with van der Waals surface area (Å²) in [6, 6.07) is 7.03. The fourth-order valence-electron chi connectivity index (χ4n) is 1.76. The zero-order chi connectivity index (χ0) is 17.2. The number of carbonyl (C=O) groups is 1. The van der Waals surface area contributed by atoms with Crippen LogP contribution in [0.2, 0.25) is 10.0 Å². The topological polar surface area (TPSA) is 72.5 Å². The maximum absolute atomic E-state index is 13.8. The Labute approximate surface area is 142 Å². The van der Waals surface area contributed by atoms with E-state index in [0.717, 1.165) is 12.1 Å². The first-order valence-corrected chi connectivity index (χ1v) is 8.34. The molecule has 0 radical (unpaired) electrons. The number of ether oxygens (including phenoxy) is 1. The van der Waals surface area contributed by atoms with Crippen molar-refractivity contribution in [2.24, 2.45) is 0 Å². The molecule has 0 fully saturated rings. The first kappa shape index (κ1) is 17.5. The maximum atomic E-state index is 13.8. The Hall–Kier alpha value is -1.83. The van der Waals surface area contributed by atoms with Crippen LogP contribution in [0.1, 0.15) is 10.4 Å². The molecule has 0 heterocycles. The molecule has 122 valence electrons. The molecule has 0 unspecified atom stereocenters. The van der Waals surface area contributed by atoms with E-state index < -0.39 is 26.7 Å². The number of methoxy groups -OCH3 is 1. The number of benzene rings is 2. The summed E-state index contributed by atoms with van der Waals surface area (Å²) < 4.78 is 44.9. The van der Waals surface area contributed by atoms with Crippen LogP contribution in [0.5, 0.6) is 0 Å². The molecule has 23 heavy (non-hydrogen) atoms. The van der Waals surface area contributed by atoms with Crippen LogP contribution in [0.4, 0.5) is 10.1 Å². The third-order valence-electron chi connectivity index (χ3n) is 2.81. The van der Waals surface area contributed by atoms with Crippen molar-refractivity contribution < 1.29 is 22.3 Å². The van der Waals surface area contributed by atoms with Gasteiger partial charge in [0.2, 0.25) is 0 Å². The lowest BCUT2D eigenvalue weighted by Gasteiger charge is -2.11. The molecule has 0 atom stereocenters. The Kier molecular flexibility index (Phi) is 5.13. The minimum atomic E-state index is -4.20. The van der Waals surface area contributed by atoms with E-state index in [1.54, 1.807) is 0 Å². The standard InChI is InChI=1S/C14H10Cl2FNO4S/c1-22-14(19)10-7-9(3-4-11(10)16)18-23(20,21)13-5-2-8(15)6-12(13)17/h2-7,18H,1H3. The summed E-state index contributed by atoms with van der Waals surface area (Å²) in [4.78, 5) is 11.0. The molecule has 0 aromatic heterocycles. The zero-order valence-corrected chi connectivity index (χ0v) is 14.0. The van der Waals surface area contributed by atoms with Crippen LogP contribution in [0.25, 0.3) is 0 Å². The fourth-order valence-corrected chi connectivity index (χ4v) is 3.22. The van der Waals surface area contributed by atoms with E-state index in [1.165, 1.54) is 31.4 Å². The van der Waals surface area contributed by atoms with E-state index >= 15 is 0 Å². The average molecular weight is 378 g/mol. The highest BCUT2D eigenvalue weighted by Crippen LogP contribution is 2.25. The number of halogens is 3. The molecule has 0 saturated carbocycles. The number of hydrogen-bond acceptors (Lipinski definition) is 4. The van der Waals surface area contributed by atoms with Crippen LogP contribution in [-0.2, 0) is 14.8 Å². The number of esters is 1. The number of hydrogen-bond donors (Lipinski definition) is 1. The molecule has 1 N–H and O–H groups in total. The molecule has 0 saturated heterocycles. The molecule has 0 spiro atoms. The second-order valence-electron chi connectivity index (χ2n) is 4.37. The normalized spacial score (nSPS) is 11.1. The summed E-state index contributed by atoms with van der Waals surface area (Å²) in [7, 11) is -3.04. The van der Waals surface area contributed by atoms with Gasteiger partial charge in [0.15, 0.2) is 0 Å². The van der Waals surface area contributed by atoms with Gasteiger partial charge in [-0.1, -0.05) is 23.2 Å². The second kappa shape index (κ2) is 6.74. The van der Waals surface area contributed by atoms with Crippen LogP contribution >= 0.6 is 23.2 Å². The zero-order valence-electron chi connectivity index (χ0n) is 11.6. The minimum absolute atomic E-state index is 0.0223. The lowest BCUT2D eigenvalue weighted by Crippen LogP contribution is -2.15. The smallest absolute Gasteiger partial charge is 0.339 e. The fraction of sp³-hybridized carbons (Fsp3) is 0.0714. The van der Waals surface area contributed by atoms with Gasteiger partial charge >= 0.3 is 5.97 Å². The Morgan fingerprint density at radius 1 is 1.17 bits per heavy atom. The van der Waals surface area contributed by atoms with Gasteiger partial charge < -0.3 is 4.74 Å². The van der Waals surface area contributed by atoms with Crippen molar-refractivity contribution in [1.29, 1.82) is 0 Å². The molecular weight excluding hydrogens is 368 g/mol. The monoisotopic (exact) mass is 377 g/mol. The number of nitrogens with one attached hydrogen (secondary N) is 1. The predicted octanol–water partition coefficient (Wildman–Crippen LogP) is 3.72. The van der Waals surface area contributed by atoms with E-state index in [9.17, 15) is 17.6 Å². The summed E-state index contributed by atoms with van der Waals surface area (Å²) >= 11 is 11.4. The summed E-state index contributed by atoms with van der Waals surface area (Å²) in [5, 5.41) is 0.165. The van der Waals surface area contributed by atoms with Crippen LogP contribution in [0.15, 0.2) is 41.3 Å². The molecule has 9 heteroatoms. The summed E-state index contributed by atoms with van der Waals surface area (Å²) in [5.74, 6) is -1.72. The highest BCUT2D eigenvalue weighted by molar-refractivity contribution is 7.92. The highest BCUT2D eigenvalue weighted by atomic mass is 35.5. The SMILES string of the molecule is COC(=O)c1cc(NS(=O)(=O)c2ccc(Cl)cc2F)ccc1Cl. The third kappa shape index (κ3) is 3.93. The van der Waals surface area contributed by atoms with Gasteiger partial charge in [-0.15, -0.1) is 0 Å². The van der Waals surface area contributed by atoms with E-state index in [2.05, 4.69) is 9.46 Å². The van der Waals surface area contributed by atoms with Gasteiger partial charge in [-0.3, -0.25) is 4.72 Å². The molecule has 2 aromatic carbocycles. The first-order chi connectivity index (χ1) is 10.7. The number of carbonyl (C=O) groups excluding carboxylic acids is 1. The van der Waals surface area contributed by atoms with Gasteiger partial charge in [-0.05, 0) is 36.4 Å². The van der Waals surface area contributed by atoms with Gasteiger partial charge in [0, 0.05) is 10.7 Å². The molecule has 0 aliphatic carbocycles. The van der Waals surface area contributed by atoms with Crippen molar-refractivity contribution in [3.05, 3.63) is 57.8 Å². The maximum Gasteiger partial charge on any atom is 0.339 e. The highest BCUT2D eigenvalue weighted by Gasteiger charge is 2.20. The van der Waals surface area contributed by atoms with Crippen LogP contribution in [0, 0.1) is 5.82 Å². The van der Waals surface area contributed by atoms with Crippen molar-refractivity contribution in [2.75, 3.05) is 11.8 Å². The number of rotatable bonds is 4. The van der Waals surface area contributed by atoms with Crippen LogP contribution < -0.4 is 4.72 Å². The van der Waals surface area contributed by atoms with Crippen LogP contribution in [0.3, 0.4) is 0 Å². The predicted molar refractivity (Wildman–Crippen MR) is 85.0 cm³/mol. The summed E-state index contributed by atoms with van der Waals surface area (Å²) in [6.07, 6.45) is 0. The van der Waals surface area contributed by atoms with Gasteiger partial charge in [-0.25, -0.2) is 17.6 Å². The molecular formula is C14H10Cl2FNO4S. The lowest BCUT2D eigenvalue weighted by atomic mass is 10.2. The van der Waals surface area contributed by atoms with E-state index in [1.807, 2.05) is 0 Å². The molecule has 0 bridgehead atoms. The largest absolute Gasteiger partial charge is 0.465 e. The summed E-state index contributed by atoms with van der Waals surface area (Å²) in [6.45, 7) is 0. The molecule has 2 aromatic rings. The van der Waals surface area contributed by atoms with Gasteiger partial charge in [0.25, 0.3) is 10.0 Å². The Morgan fingerprint density at radius 2 is 1.87 bits per heavy atom. The van der Waals surface area contributed by atoms with E-state index in [-0.39, 0.29) is 21.3 Å². The third-order valence-corrected chi connectivity index (χ3v) is 4.79. The molecule has 5 nitrogen and oxygen atoms in total. The van der Waals surface area contributed by atoms with Crippen LogP contribution in [-0.4, -0.2) is 21.5 Å². The Balaban J connectivity index is 2.39. The summed E-state index contributed by atoms with van der Waals surface area (Å²) in [5.41, 5.74) is 0.00935. The quantitative estimate of drug-likeness (QED) is 0.824. The van der Waals surface area contributed by atoms with E-state index in [4.69, 9.17) is 23.2 Å². The average Bonchev–Trinajstić information content (AvgIpc) is 2.47. The number of sulfonamides is 1. The van der Waals surface area contributed by atoms with E-state index in [0.29, 0.717) is 0 Å². The molecule has 0 amide bonds. The molecule has 2 rings (SSSR count). The number of anilines is 1. The molecule has 0 aliphatic rings. The van der Waals surface area contributed by atoms with Gasteiger partial charge in [0.05, 0.1) is 17.7 Å². The first-order valence-electron chi connectivity index (χ1n) is 6.10. The minimum Gasteiger partial charge on any atom is -0.465 e. The Morgan fingerprint density at radius 3 is 2.48 bits per heavy atom. The molecule has 0 aliphatic heterocycles. The van der Waals surface area contributed by atoms with Crippen molar-refractivity contribution >= 4 is 44.9 Å². The van der Waals surface area contributed by atoms with Crippen molar-refractivity contribution in [2.45, 2.75) is 4.90 Å². The lowest BCUT2D eigenvalue weighted by molar-refractivity contribution is 0.0601. The second-order valence-corrected chi connectivity index (χ2v) is 6.86. The Bertz CT molecular complexity index is 871.